The van der Waals surface area contributed by atoms with Crippen LogP contribution < -0.4 is 10.6 Å². The Morgan fingerprint density at radius 2 is 1.58 bits per heavy atom. The zero-order valence-electron chi connectivity index (χ0n) is 23.0. The van der Waals surface area contributed by atoms with E-state index in [1.165, 1.54) is 5.56 Å². The van der Waals surface area contributed by atoms with Crippen molar-refractivity contribution >= 4 is 51.5 Å². The molecule has 3 aromatic heterocycles. The minimum Gasteiger partial charge on any atom is -0.351 e. The monoisotopic (exact) mass is 532 g/mol. The number of hydrogen-bond acceptors (Lipinski definition) is 6. The largest absolute Gasteiger partial charge is 0.351 e. The number of rotatable bonds is 6. The Morgan fingerprint density at radius 3 is 2.11 bits per heavy atom. The smallest absolute Gasteiger partial charge is 0.192 e. The lowest BCUT2D eigenvalue weighted by Crippen LogP contribution is -2.45. The third-order valence-electron chi connectivity index (χ3n) is 5.81. The second-order valence-electron chi connectivity index (χ2n) is 8.83. The molecule has 0 aromatic carbocycles. The fourth-order valence-electron chi connectivity index (χ4n) is 4.06. The van der Waals surface area contributed by atoms with Crippen molar-refractivity contribution in [3.8, 4) is 0 Å². The predicted molar refractivity (Wildman–Crippen MR) is 152 cm³/mol. The second kappa shape index (κ2) is 12.1. The number of carbonyl (C=O) groups is 1. The van der Waals surface area contributed by atoms with Gasteiger partial charge in [-0.3, -0.25) is 9.48 Å². The quantitative estimate of drug-likeness (QED) is 0.315. The van der Waals surface area contributed by atoms with Gasteiger partial charge in [0.25, 0.3) is 0 Å². The summed E-state index contributed by atoms with van der Waals surface area (Å²) in [6.07, 6.45) is 0.837. The minimum atomic E-state index is -0.682. The van der Waals surface area contributed by atoms with Gasteiger partial charge in [0.15, 0.2) is 11.4 Å². The molecule has 4 rings (SSSR count). The molecule has 9 heteroatoms. The standard InChI is InChI=1S/C23H26Cl2N6O.2C2H6/c1-7-14-18-13(11(2)3)10-17(29-22(18)31(6)30-14)28-20-19(21(32)23(20,4)5)26-12-8-15(24)27-16(25)9-12;2*1-2/h8-11H,7H2,1-6H3,(H,26,27)(H,28,29);2*1-2H3. The molecule has 0 saturated heterocycles. The minimum absolute atomic E-state index is 0.0111. The van der Waals surface area contributed by atoms with Gasteiger partial charge < -0.3 is 10.6 Å². The third-order valence-corrected chi connectivity index (χ3v) is 6.20. The number of fused-ring (bicyclic) bond motifs is 1. The number of pyridine rings is 2. The molecule has 2 N–H and O–H groups in total. The fraction of sp³-hybridized carbons (Fsp3) is 0.481. The average Bonchev–Trinajstić information content (AvgIpc) is 3.18. The highest BCUT2D eigenvalue weighted by atomic mass is 35.5. The van der Waals surface area contributed by atoms with Crippen molar-refractivity contribution < 1.29 is 4.79 Å². The van der Waals surface area contributed by atoms with E-state index in [0.717, 1.165) is 28.8 Å². The van der Waals surface area contributed by atoms with Crippen LogP contribution in [0.25, 0.3) is 11.0 Å². The van der Waals surface area contributed by atoms with Crippen LogP contribution in [0.2, 0.25) is 10.3 Å². The molecule has 0 spiro atoms. The number of halogens is 2. The molecule has 0 radical (unpaired) electrons. The fourth-order valence-corrected chi connectivity index (χ4v) is 4.52. The molecule has 3 heterocycles. The summed E-state index contributed by atoms with van der Waals surface area (Å²) in [7, 11) is 1.91. The summed E-state index contributed by atoms with van der Waals surface area (Å²) in [6, 6.07) is 5.30. The Bertz CT molecular complexity index is 1260. The number of allylic oxidation sites excluding steroid dienone is 2. The van der Waals surface area contributed by atoms with Gasteiger partial charge in [-0.25, -0.2) is 9.97 Å². The van der Waals surface area contributed by atoms with Gasteiger partial charge in [-0.2, -0.15) is 5.10 Å². The zero-order chi connectivity index (χ0) is 27.4. The normalized spacial score (nSPS) is 14.1. The first-order valence-corrected chi connectivity index (χ1v) is 13.3. The number of aryl methyl sites for hydroxylation is 2. The number of aromatic nitrogens is 4. The van der Waals surface area contributed by atoms with Crippen molar-refractivity contribution in [1.29, 1.82) is 0 Å². The summed E-state index contributed by atoms with van der Waals surface area (Å²) < 4.78 is 1.82. The molecule has 0 fully saturated rings. The van der Waals surface area contributed by atoms with E-state index in [2.05, 4.69) is 47.6 Å². The van der Waals surface area contributed by atoms with Gasteiger partial charge in [0.1, 0.15) is 21.8 Å². The maximum absolute atomic E-state index is 12.9. The highest BCUT2D eigenvalue weighted by Gasteiger charge is 2.47. The van der Waals surface area contributed by atoms with E-state index in [0.29, 0.717) is 23.1 Å². The lowest BCUT2D eigenvalue weighted by molar-refractivity contribution is -0.124. The summed E-state index contributed by atoms with van der Waals surface area (Å²) >= 11 is 12.0. The second-order valence-corrected chi connectivity index (χ2v) is 9.60. The van der Waals surface area contributed by atoms with E-state index in [4.69, 9.17) is 28.2 Å². The lowest BCUT2D eigenvalue weighted by atomic mass is 9.72. The van der Waals surface area contributed by atoms with Crippen LogP contribution in [0.3, 0.4) is 0 Å². The summed E-state index contributed by atoms with van der Waals surface area (Å²) in [6.45, 7) is 18.2. The highest BCUT2D eigenvalue weighted by molar-refractivity contribution is 6.33. The topological polar surface area (TPSA) is 84.7 Å². The van der Waals surface area contributed by atoms with Gasteiger partial charge in [-0.1, -0.05) is 71.7 Å². The van der Waals surface area contributed by atoms with Crippen molar-refractivity contribution in [3.05, 3.63) is 51.2 Å². The maximum atomic E-state index is 12.9. The van der Waals surface area contributed by atoms with Crippen LogP contribution in [0.1, 0.15) is 79.5 Å². The molecule has 1 aliphatic rings. The Labute approximate surface area is 224 Å². The SMILES string of the molecule is CC.CC.CCc1nn(C)c2nc(NC3=C(Nc4cc(Cl)nc(Cl)c4)C(=O)C3(C)C)cc(C(C)C)c12. The summed E-state index contributed by atoms with van der Waals surface area (Å²) in [5.41, 5.74) is 4.16. The first kappa shape index (κ1) is 29.6. The molecule has 0 amide bonds. The Hall–Kier alpha value is -2.64. The molecule has 3 aromatic rings. The number of nitrogens with zero attached hydrogens (tertiary/aromatic N) is 4. The van der Waals surface area contributed by atoms with Crippen LogP contribution in [0.4, 0.5) is 11.5 Å². The number of ketones is 1. The van der Waals surface area contributed by atoms with Gasteiger partial charge in [0.05, 0.1) is 16.8 Å². The van der Waals surface area contributed by atoms with Crippen molar-refractivity contribution in [2.24, 2.45) is 12.5 Å². The van der Waals surface area contributed by atoms with E-state index in [9.17, 15) is 4.79 Å². The van der Waals surface area contributed by atoms with Crippen LogP contribution in [-0.4, -0.2) is 25.5 Å². The van der Waals surface area contributed by atoms with E-state index < -0.39 is 5.41 Å². The summed E-state index contributed by atoms with van der Waals surface area (Å²) in [4.78, 5) is 21.6. The predicted octanol–water partition coefficient (Wildman–Crippen LogP) is 7.75. The van der Waals surface area contributed by atoms with Crippen molar-refractivity contribution in [1.82, 2.24) is 19.7 Å². The number of hydrogen-bond donors (Lipinski definition) is 2. The van der Waals surface area contributed by atoms with Crippen LogP contribution in [-0.2, 0) is 18.3 Å². The maximum Gasteiger partial charge on any atom is 0.192 e. The van der Waals surface area contributed by atoms with Crippen LogP contribution in [0, 0.1) is 5.41 Å². The summed E-state index contributed by atoms with van der Waals surface area (Å²) in [5.74, 6) is 0.954. The van der Waals surface area contributed by atoms with Gasteiger partial charge in [-0.05, 0) is 49.9 Å². The number of Topliss-reactive ketones (excluding diaryl/α,β-unsaturated/α-hetero) is 1. The van der Waals surface area contributed by atoms with Crippen molar-refractivity contribution in [3.63, 3.8) is 0 Å². The first-order chi connectivity index (χ1) is 17.0. The number of nitrogens with one attached hydrogen (secondary N) is 2. The number of anilines is 2. The molecule has 196 valence electrons. The first-order valence-electron chi connectivity index (χ1n) is 12.6. The molecule has 0 saturated carbocycles. The Kier molecular flexibility index (Phi) is 9.92. The molecule has 36 heavy (non-hydrogen) atoms. The molecule has 0 bridgehead atoms. The molecular weight excluding hydrogens is 495 g/mol. The molecular formula is C27H38Cl2N6O. The van der Waals surface area contributed by atoms with Crippen molar-refractivity contribution in [2.45, 2.75) is 74.7 Å². The molecule has 0 aliphatic heterocycles. The third kappa shape index (κ3) is 5.68. The average molecular weight is 534 g/mol. The number of carbonyl (C=O) groups excluding carboxylic acids is 1. The highest BCUT2D eigenvalue weighted by Crippen LogP contribution is 2.43. The van der Waals surface area contributed by atoms with Gasteiger partial charge in [0.2, 0.25) is 0 Å². The molecule has 0 unspecified atom stereocenters. The van der Waals surface area contributed by atoms with Gasteiger partial charge >= 0.3 is 0 Å². The molecule has 0 atom stereocenters. The van der Waals surface area contributed by atoms with Crippen LogP contribution in [0.15, 0.2) is 29.6 Å². The van der Waals surface area contributed by atoms with Crippen LogP contribution >= 0.6 is 23.2 Å². The van der Waals surface area contributed by atoms with Crippen molar-refractivity contribution in [2.75, 3.05) is 10.6 Å². The zero-order valence-corrected chi connectivity index (χ0v) is 24.5. The van der Waals surface area contributed by atoms with Gasteiger partial charge in [0, 0.05) is 18.1 Å². The van der Waals surface area contributed by atoms with E-state index in [1.807, 2.05) is 53.3 Å². The molecule has 7 nitrogen and oxygen atoms in total. The van der Waals surface area contributed by atoms with Gasteiger partial charge in [-0.15, -0.1) is 0 Å². The van der Waals surface area contributed by atoms with E-state index in [1.54, 1.807) is 12.1 Å². The van der Waals surface area contributed by atoms with E-state index >= 15 is 0 Å². The summed E-state index contributed by atoms with van der Waals surface area (Å²) in [5, 5.41) is 12.8. The van der Waals surface area contributed by atoms with E-state index in [-0.39, 0.29) is 16.1 Å². The Morgan fingerprint density at radius 1 is 1.00 bits per heavy atom. The van der Waals surface area contributed by atoms with Crippen LogP contribution in [0.5, 0.6) is 0 Å². The molecule has 1 aliphatic carbocycles. The lowest BCUT2D eigenvalue weighted by Gasteiger charge is -2.39. The Balaban J connectivity index is 0.00000109.